The topological polar surface area (TPSA) is 15.3 Å². The minimum absolute atomic E-state index is 0.635. The van der Waals surface area contributed by atoms with Crippen molar-refractivity contribution in [3.8, 4) is 0 Å². The standard InChI is InChI=1S/C12H28N2/c1-10(2)7-13-8-12(5)14(6)9-11(3)4/h10-13H,7-9H2,1-6H3. The van der Waals surface area contributed by atoms with Gasteiger partial charge in [-0.15, -0.1) is 0 Å². The summed E-state index contributed by atoms with van der Waals surface area (Å²) in [5.74, 6) is 1.50. The molecule has 0 amide bonds. The van der Waals surface area contributed by atoms with Crippen molar-refractivity contribution in [2.75, 3.05) is 26.7 Å². The predicted molar refractivity (Wildman–Crippen MR) is 64.6 cm³/mol. The molecule has 1 atom stereocenters. The Balaban J connectivity index is 3.56. The average Bonchev–Trinajstić information content (AvgIpc) is 2.01. The summed E-state index contributed by atoms with van der Waals surface area (Å²) < 4.78 is 0. The molecular formula is C12H28N2. The Kier molecular flexibility index (Phi) is 7.20. The lowest BCUT2D eigenvalue weighted by molar-refractivity contribution is 0.224. The molecule has 0 rings (SSSR count). The maximum absolute atomic E-state index is 3.50. The Bertz CT molecular complexity index is 132. The summed E-state index contributed by atoms with van der Waals surface area (Å²) in [6.07, 6.45) is 0. The van der Waals surface area contributed by atoms with Gasteiger partial charge >= 0.3 is 0 Å². The summed E-state index contributed by atoms with van der Waals surface area (Å²) in [4.78, 5) is 2.43. The highest BCUT2D eigenvalue weighted by molar-refractivity contribution is 4.67. The van der Waals surface area contributed by atoms with Crippen molar-refractivity contribution in [2.24, 2.45) is 11.8 Å². The van der Waals surface area contributed by atoms with Crippen molar-refractivity contribution in [1.82, 2.24) is 10.2 Å². The Morgan fingerprint density at radius 2 is 1.50 bits per heavy atom. The summed E-state index contributed by atoms with van der Waals surface area (Å²) >= 11 is 0. The van der Waals surface area contributed by atoms with Crippen LogP contribution in [-0.4, -0.2) is 37.6 Å². The molecule has 1 N–H and O–H groups in total. The predicted octanol–water partition coefficient (Wildman–Crippen LogP) is 2.21. The quantitative estimate of drug-likeness (QED) is 0.678. The smallest absolute Gasteiger partial charge is 0.0189 e. The lowest BCUT2D eigenvalue weighted by Crippen LogP contribution is -2.40. The van der Waals surface area contributed by atoms with E-state index in [0.717, 1.165) is 24.9 Å². The molecule has 0 saturated heterocycles. The number of rotatable bonds is 7. The highest BCUT2D eigenvalue weighted by atomic mass is 15.1. The first-order valence-electron chi connectivity index (χ1n) is 5.84. The van der Waals surface area contributed by atoms with Gasteiger partial charge in [0.05, 0.1) is 0 Å². The Hall–Kier alpha value is -0.0800. The minimum atomic E-state index is 0.635. The van der Waals surface area contributed by atoms with Crippen LogP contribution >= 0.6 is 0 Å². The number of likely N-dealkylation sites (N-methyl/N-ethyl adjacent to an activating group) is 1. The molecular weight excluding hydrogens is 172 g/mol. The second-order valence-electron chi connectivity index (χ2n) is 5.23. The molecule has 0 aromatic rings. The summed E-state index contributed by atoms with van der Waals surface area (Å²) in [5, 5.41) is 3.50. The minimum Gasteiger partial charge on any atom is -0.315 e. The molecule has 0 aromatic carbocycles. The fourth-order valence-corrected chi connectivity index (χ4v) is 1.49. The van der Waals surface area contributed by atoms with Crippen molar-refractivity contribution in [3.63, 3.8) is 0 Å². The fraction of sp³-hybridized carbons (Fsp3) is 1.00. The maximum atomic E-state index is 3.50. The van der Waals surface area contributed by atoms with Crippen LogP contribution in [0.5, 0.6) is 0 Å². The van der Waals surface area contributed by atoms with Gasteiger partial charge in [0.15, 0.2) is 0 Å². The van der Waals surface area contributed by atoms with Gasteiger partial charge < -0.3 is 10.2 Å². The van der Waals surface area contributed by atoms with Gasteiger partial charge in [0, 0.05) is 19.1 Å². The first-order chi connectivity index (χ1) is 6.43. The van der Waals surface area contributed by atoms with Crippen molar-refractivity contribution in [1.29, 1.82) is 0 Å². The molecule has 0 aliphatic carbocycles. The summed E-state index contributed by atoms with van der Waals surface area (Å²) in [7, 11) is 2.21. The van der Waals surface area contributed by atoms with Crippen LogP contribution in [0.4, 0.5) is 0 Å². The van der Waals surface area contributed by atoms with Gasteiger partial charge in [-0.2, -0.15) is 0 Å². The van der Waals surface area contributed by atoms with Crippen LogP contribution in [0.15, 0.2) is 0 Å². The zero-order valence-electron chi connectivity index (χ0n) is 10.8. The van der Waals surface area contributed by atoms with Crippen LogP contribution < -0.4 is 5.32 Å². The zero-order chi connectivity index (χ0) is 11.1. The monoisotopic (exact) mass is 200 g/mol. The van der Waals surface area contributed by atoms with Crippen LogP contribution in [0.1, 0.15) is 34.6 Å². The van der Waals surface area contributed by atoms with Gasteiger partial charge in [-0.3, -0.25) is 0 Å². The molecule has 0 aliphatic rings. The molecule has 0 aromatic heterocycles. The zero-order valence-corrected chi connectivity index (χ0v) is 10.8. The molecule has 2 heteroatoms. The number of nitrogens with zero attached hydrogens (tertiary/aromatic N) is 1. The van der Waals surface area contributed by atoms with Crippen molar-refractivity contribution in [2.45, 2.75) is 40.7 Å². The fourth-order valence-electron chi connectivity index (χ4n) is 1.49. The van der Waals surface area contributed by atoms with E-state index in [0.29, 0.717) is 6.04 Å². The van der Waals surface area contributed by atoms with Crippen LogP contribution in [-0.2, 0) is 0 Å². The lowest BCUT2D eigenvalue weighted by Gasteiger charge is -2.26. The Labute approximate surface area is 90.1 Å². The van der Waals surface area contributed by atoms with E-state index in [1.807, 2.05) is 0 Å². The van der Waals surface area contributed by atoms with Gasteiger partial charge in [-0.05, 0) is 32.4 Å². The molecule has 86 valence electrons. The highest BCUT2D eigenvalue weighted by Gasteiger charge is 2.09. The van der Waals surface area contributed by atoms with E-state index < -0.39 is 0 Å². The number of hydrogen-bond acceptors (Lipinski definition) is 2. The maximum Gasteiger partial charge on any atom is 0.0189 e. The third kappa shape index (κ3) is 7.34. The third-order valence-corrected chi connectivity index (χ3v) is 2.40. The molecule has 0 bridgehead atoms. The summed E-state index contributed by atoms with van der Waals surface area (Å²) in [6, 6.07) is 0.635. The molecule has 2 nitrogen and oxygen atoms in total. The molecule has 0 heterocycles. The van der Waals surface area contributed by atoms with E-state index in [1.165, 1.54) is 6.54 Å². The van der Waals surface area contributed by atoms with Crippen molar-refractivity contribution >= 4 is 0 Å². The largest absolute Gasteiger partial charge is 0.315 e. The third-order valence-electron chi connectivity index (χ3n) is 2.40. The first-order valence-corrected chi connectivity index (χ1v) is 5.84. The lowest BCUT2D eigenvalue weighted by atomic mass is 10.1. The molecule has 0 spiro atoms. The van der Waals surface area contributed by atoms with Crippen LogP contribution in [0, 0.1) is 11.8 Å². The van der Waals surface area contributed by atoms with Gasteiger partial charge in [0.25, 0.3) is 0 Å². The molecule has 1 unspecified atom stereocenters. The van der Waals surface area contributed by atoms with Gasteiger partial charge in [0.1, 0.15) is 0 Å². The molecule has 14 heavy (non-hydrogen) atoms. The SMILES string of the molecule is CC(C)CNCC(C)N(C)CC(C)C. The van der Waals surface area contributed by atoms with E-state index in [-0.39, 0.29) is 0 Å². The van der Waals surface area contributed by atoms with Gasteiger partial charge in [0.2, 0.25) is 0 Å². The first kappa shape index (κ1) is 13.9. The van der Waals surface area contributed by atoms with E-state index in [2.05, 4.69) is 51.9 Å². The molecule has 0 radical (unpaired) electrons. The van der Waals surface area contributed by atoms with Crippen LogP contribution in [0.2, 0.25) is 0 Å². The van der Waals surface area contributed by atoms with Gasteiger partial charge in [-0.1, -0.05) is 27.7 Å². The normalized spacial score (nSPS) is 14.4. The number of hydrogen-bond donors (Lipinski definition) is 1. The summed E-state index contributed by atoms with van der Waals surface area (Å²) in [6.45, 7) is 14.7. The Morgan fingerprint density at radius 1 is 0.929 bits per heavy atom. The highest BCUT2D eigenvalue weighted by Crippen LogP contribution is 2.00. The number of nitrogens with one attached hydrogen (secondary N) is 1. The van der Waals surface area contributed by atoms with Gasteiger partial charge in [-0.25, -0.2) is 0 Å². The second kappa shape index (κ2) is 7.24. The van der Waals surface area contributed by atoms with E-state index in [4.69, 9.17) is 0 Å². The van der Waals surface area contributed by atoms with Crippen LogP contribution in [0.25, 0.3) is 0 Å². The molecule has 0 fully saturated rings. The van der Waals surface area contributed by atoms with Crippen LogP contribution in [0.3, 0.4) is 0 Å². The summed E-state index contributed by atoms with van der Waals surface area (Å²) in [5.41, 5.74) is 0. The van der Waals surface area contributed by atoms with E-state index >= 15 is 0 Å². The molecule has 0 aliphatic heterocycles. The Morgan fingerprint density at radius 3 is 1.93 bits per heavy atom. The van der Waals surface area contributed by atoms with Crippen molar-refractivity contribution < 1.29 is 0 Å². The molecule has 0 saturated carbocycles. The van der Waals surface area contributed by atoms with E-state index in [1.54, 1.807) is 0 Å². The van der Waals surface area contributed by atoms with E-state index in [9.17, 15) is 0 Å². The van der Waals surface area contributed by atoms with Crippen molar-refractivity contribution in [3.05, 3.63) is 0 Å². The average molecular weight is 200 g/mol. The second-order valence-corrected chi connectivity index (χ2v) is 5.23.